The minimum absolute atomic E-state index is 0.00436. The van der Waals surface area contributed by atoms with E-state index >= 15 is 0 Å². The Morgan fingerprint density at radius 1 is 1.25 bits per heavy atom. The van der Waals surface area contributed by atoms with Crippen LogP contribution in [0.2, 0.25) is 0 Å². The van der Waals surface area contributed by atoms with Crippen LogP contribution >= 0.6 is 0 Å². The number of carbonyl (C=O) groups is 2. The van der Waals surface area contributed by atoms with Crippen molar-refractivity contribution in [3.8, 4) is 0 Å². The highest BCUT2D eigenvalue weighted by Gasteiger charge is 2.18. The van der Waals surface area contributed by atoms with Crippen LogP contribution in [0.25, 0.3) is 0 Å². The lowest BCUT2D eigenvalue weighted by Crippen LogP contribution is -2.34. The van der Waals surface area contributed by atoms with Gasteiger partial charge in [0.05, 0.1) is 5.75 Å². The van der Waals surface area contributed by atoms with Crippen molar-refractivity contribution in [1.29, 1.82) is 0 Å². The van der Waals surface area contributed by atoms with E-state index in [0.29, 0.717) is 6.54 Å². The van der Waals surface area contributed by atoms with Crippen molar-refractivity contribution in [1.82, 2.24) is 0 Å². The standard InChI is InChI=1S/C17H19NO5S/c1-3-18(13-6-4-5-12(2)9-13)16(19)11-24(22)10-14-7-8-15(23-14)17(20)21/h4-9H,3,10-11H2,1-2H3,(H,20,21). The Labute approximate surface area is 142 Å². The van der Waals surface area contributed by atoms with Crippen molar-refractivity contribution in [3.63, 3.8) is 0 Å². The SMILES string of the molecule is CCN(C(=O)CS(=O)Cc1ccc(C(=O)O)o1)c1cccc(C)c1. The molecule has 0 fully saturated rings. The summed E-state index contributed by atoms with van der Waals surface area (Å²) in [6.07, 6.45) is 0. The molecule has 7 heteroatoms. The number of aromatic carboxylic acids is 1. The number of rotatable bonds is 7. The lowest BCUT2D eigenvalue weighted by atomic mass is 10.2. The van der Waals surface area contributed by atoms with E-state index in [0.717, 1.165) is 11.3 Å². The molecule has 24 heavy (non-hydrogen) atoms. The van der Waals surface area contributed by atoms with Gasteiger partial charge < -0.3 is 14.4 Å². The van der Waals surface area contributed by atoms with E-state index < -0.39 is 16.8 Å². The monoisotopic (exact) mass is 349 g/mol. The van der Waals surface area contributed by atoms with Gasteiger partial charge in [0.25, 0.3) is 0 Å². The molecule has 1 heterocycles. The van der Waals surface area contributed by atoms with Crippen LogP contribution in [0.5, 0.6) is 0 Å². The second-order valence-electron chi connectivity index (χ2n) is 5.28. The first-order valence-electron chi connectivity index (χ1n) is 7.44. The Morgan fingerprint density at radius 2 is 2.00 bits per heavy atom. The van der Waals surface area contributed by atoms with Crippen LogP contribution in [0.1, 0.15) is 28.8 Å². The van der Waals surface area contributed by atoms with Gasteiger partial charge in [-0.05, 0) is 43.7 Å². The predicted molar refractivity (Wildman–Crippen MR) is 91.6 cm³/mol. The maximum atomic E-state index is 12.4. The molecule has 0 spiro atoms. The van der Waals surface area contributed by atoms with E-state index in [9.17, 15) is 13.8 Å². The van der Waals surface area contributed by atoms with Crippen molar-refractivity contribution in [2.45, 2.75) is 19.6 Å². The summed E-state index contributed by atoms with van der Waals surface area (Å²) in [5.74, 6) is -1.48. The molecule has 128 valence electrons. The largest absolute Gasteiger partial charge is 0.475 e. The van der Waals surface area contributed by atoms with Crippen molar-refractivity contribution >= 4 is 28.4 Å². The second-order valence-corrected chi connectivity index (χ2v) is 6.73. The van der Waals surface area contributed by atoms with Gasteiger partial charge in [0, 0.05) is 23.0 Å². The van der Waals surface area contributed by atoms with Crippen LogP contribution in [0.15, 0.2) is 40.8 Å². The normalized spacial score (nSPS) is 11.9. The van der Waals surface area contributed by atoms with Crippen LogP contribution in [0.3, 0.4) is 0 Å². The number of carboxylic acid groups (broad SMARTS) is 1. The van der Waals surface area contributed by atoms with Crippen LogP contribution in [0, 0.1) is 6.92 Å². The van der Waals surface area contributed by atoms with Gasteiger partial charge in [-0.25, -0.2) is 4.79 Å². The van der Waals surface area contributed by atoms with Gasteiger partial charge in [0.1, 0.15) is 11.5 Å². The number of aryl methyl sites for hydroxylation is 1. The zero-order valence-electron chi connectivity index (χ0n) is 13.5. The fraction of sp³-hybridized carbons (Fsp3) is 0.294. The first kappa shape index (κ1) is 17.9. The number of benzene rings is 1. The zero-order chi connectivity index (χ0) is 17.7. The first-order chi connectivity index (χ1) is 11.4. The summed E-state index contributed by atoms with van der Waals surface area (Å²) in [6, 6.07) is 10.3. The van der Waals surface area contributed by atoms with Gasteiger partial charge in [-0.15, -0.1) is 0 Å². The van der Waals surface area contributed by atoms with Gasteiger partial charge in [0.15, 0.2) is 0 Å². The Hall–Kier alpha value is -2.41. The second kappa shape index (κ2) is 7.92. The van der Waals surface area contributed by atoms with E-state index in [1.807, 2.05) is 38.1 Å². The number of carboxylic acids is 1. The zero-order valence-corrected chi connectivity index (χ0v) is 14.3. The average molecular weight is 349 g/mol. The van der Waals surface area contributed by atoms with Crippen LogP contribution in [-0.2, 0) is 21.3 Å². The molecule has 0 aliphatic carbocycles. The molecule has 0 bridgehead atoms. The Bertz CT molecular complexity index is 768. The third-order valence-electron chi connectivity index (χ3n) is 3.39. The third-order valence-corrected chi connectivity index (χ3v) is 4.57. The minimum Gasteiger partial charge on any atom is -0.475 e. The molecule has 1 aromatic heterocycles. The highest BCUT2D eigenvalue weighted by Crippen LogP contribution is 2.17. The van der Waals surface area contributed by atoms with E-state index in [2.05, 4.69) is 0 Å². The summed E-state index contributed by atoms with van der Waals surface area (Å²) >= 11 is 0. The van der Waals surface area contributed by atoms with Gasteiger partial charge in [-0.3, -0.25) is 9.00 Å². The number of furan rings is 1. The quantitative estimate of drug-likeness (QED) is 0.830. The molecule has 1 atom stereocenters. The van der Waals surface area contributed by atoms with Crippen LogP contribution in [-0.4, -0.2) is 33.5 Å². The summed E-state index contributed by atoms with van der Waals surface area (Å²) in [5, 5.41) is 8.80. The van der Waals surface area contributed by atoms with Gasteiger partial charge in [0.2, 0.25) is 11.7 Å². The van der Waals surface area contributed by atoms with Crippen molar-refractivity contribution in [3.05, 3.63) is 53.5 Å². The van der Waals surface area contributed by atoms with Gasteiger partial charge in [-0.1, -0.05) is 12.1 Å². The summed E-state index contributed by atoms with van der Waals surface area (Å²) in [6.45, 7) is 4.27. The molecule has 0 saturated carbocycles. The summed E-state index contributed by atoms with van der Waals surface area (Å²) in [5.41, 5.74) is 1.81. The molecule has 1 aromatic carbocycles. The van der Waals surface area contributed by atoms with Crippen molar-refractivity contribution < 1.29 is 23.3 Å². The molecule has 2 rings (SSSR count). The maximum Gasteiger partial charge on any atom is 0.371 e. The summed E-state index contributed by atoms with van der Waals surface area (Å²) in [4.78, 5) is 24.7. The molecule has 1 N–H and O–H groups in total. The smallest absolute Gasteiger partial charge is 0.371 e. The molecule has 0 saturated heterocycles. The van der Waals surface area contributed by atoms with E-state index in [-0.39, 0.29) is 28.9 Å². The first-order valence-corrected chi connectivity index (χ1v) is 8.93. The maximum absolute atomic E-state index is 12.4. The molecular weight excluding hydrogens is 330 g/mol. The molecule has 1 unspecified atom stereocenters. The van der Waals surface area contributed by atoms with E-state index in [4.69, 9.17) is 9.52 Å². The Balaban J connectivity index is 2.01. The molecule has 0 radical (unpaired) electrons. The molecule has 0 aliphatic heterocycles. The molecule has 1 amide bonds. The van der Waals surface area contributed by atoms with Crippen molar-refractivity contribution in [2.75, 3.05) is 17.2 Å². The summed E-state index contributed by atoms with van der Waals surface area (Å²) in [7, 11) is -1.48. The number of anilines is 1. The molecule has 0 aliphatic rings. The highest BCUT2D eigenvalue weighted by atomic mass is 32.2. The van der Waals surface area contributed by atoms with Crippen molar-refractivity contribution in [2.24, 2.45) is 0 Å². The summed E-state index contributed by atoms with van der Waals surface area (Å²) < 4.78 is 17.2. The lowest BCUT2D eigenvalue weighted by molar-refractivity contribution is -0.116. The van der Waals surface area contributed by atoms with Crippen LogP contribution < -0.4 is 4.90 Å². The minimum atomic E-state index is -1.48. The molecule has 6 nitrogen and oxygen atoms in total. The van der Waals surface area contributed by atoms with E-state index in [1.54, 1.807) is 4.90 Å². The number of nitrogens with zero attached hydrogens (tertiary/aromatic N) is 1. The van der Waals surface area contributed by atoms with Gasteiger partial charge >= 0.3 is 5.97 Å². The van der Waals surface area contributed by atoms with E-state index in [1.165, 1.54) is 12.1 Å². The number of hydrogen-bond donors (Lipinski definition) is 1. The number of hydrogen-bond acceptors (Lipinski definition) is 4. The van der Waals surface area contributed by atoms with Gasteiger partial charge in [-0.2, -0.15) is 0 Å². The Kier molecular flexibility index (Phi) is 5.92. The molecular formula is C17H19NO5S. The highest BCUT2D eigenvalue weighted by molar-refractivity contribution is 7.84. The van der Waals surface area contributed by atoms with Crippen LogP contribution in [0.4, 0.5) is 5.69 Å². The fourth-order valence-electron chi connectivity index (χ4n) is 2.29. The fourth-order valence-corrected chi connectivity index (χ4v) is 3.30. The third kappa shape index (κ3) is 4.55. The predicted octanol–water partition coefficient (Wildman–Crippen LogP) is 2.59. The topological polar surface area (TPSA) is 87.8 Å². The number of carbonyl (C=O) groups excluding carboxylic acids is 1. The molecule has 2 aromatic rings. The number of amides is 1. The lowest BCUT2D eigenvalue weighted by Gasteiger charge is -2.21. The average Bonchev–Trinajstić information content (AvgIpc) is 2.96. The Morgan fingerprint density at radius 3 is 2.58 bits per heavy atom.